The molecule has 0 bridgehead atoms. The van der Waals surface area contributed by atoms with Crippen LogP contribution < -0.4 is 10.6 Å². The number of likely N-dealkylation sites (tertiary alicyclic amines) is 1. The lowest BCUT2D eigenvalue weighted by atomic mass is 9.72. The third kappa shape index (κ3) is 8.22. The van der Waals surface area contributed by atoms with E-state index in [-0.39, 0.29) is 18.0 Å². The molecule has 1 heterocycles. The van der Waals surface area contributed by atoms with Gasteiger partial charge in [-0.25, -0.2) is 9.18 Å². The molecule has 3 N–H and O–H groups in total. The Hall–Kier alpha value is -2.19. The molecule has 0 spiro atoms. The number of ether oxygens (including phenoxy) is 1. The van der Waals surface area contributed by atoms with Gasteiger partial charge in [-0.2, -0.15) is 0 Å². The highest BCUT2D eigenvalue weighted by molar-refractivity contribution is 6.30. The van der Waals surface area contributed by atoms with E-state index in [9.17, 15) is 9.90 Å². The molecule has 41 heavy (non-hydrogen) atoms. The summed E-state index contributed by atoms with van der Waals surface area (Å²) >= 11 is 6.30. The minimum atomic E-state index is -1.33. The summed E-state index contributed by atoms with van der Waals surface area (Å²) in [6.45, 7) is 2.37. The van der Waals surface area contributed by atoms with Crippen LogP contribution in [0.4, 0.5) is 9.18 Å². The number of nitrogens with zero attached hydrogens (tertiary/aromatic N) is 1. The summed E-state index contributed by atoms with van der Waals surface area (Å²) in [5.41, 5.74) is 0.226. The molecule has 2 aromatic rings. The van der Waals surface area contributed by atoms with Crippen LogP contribution in [0, 0.1) is 17.7 Å². The molecule has 0 unspecified atom stereocenters. The Morgan fingerprint density at radius 1 is 1.17 bits per heavy atom. The van der Waals surface area contributed by atoms with E-state index in [0.717, 1.165) is 32.2 Å². The quantitative estimate of drug-likeness (QED) is 0.227. The third-order valence-electron chi connectivity index (χ3n) is 9.00. The molecule has 0 radical (unpaired) electrons. The molecule has 1 saturated carbocycles. The zero-order valence-corrected chi connectivity index (χ0v) is 25.4. The van der Waals surface area contributed by atoms with Crippen molar-refractivity contribution in [3.63, 3.8) is 0 Å². The van der Waals surface area contributed by atoms with E-state index in [2.05, 4.69) is 10.6 Å². The predicted octanol–water partition coefficient (Wildman–Crippen LogP) is 6.74. The molecule has 8 heteroatoms. The van der Waals surface area contributed by atoms with Crippen molar-refractivity contribution in [1.29, 1.82) is 0 Å². The van der Waals surface area contributed by atoms with E-state index in [4.69, 9.17) is 16.3 Å². The van der Waals surface area contributed by atoms with Gasteiger partial charge in [-0.15, -0.1) is 0 Å². The van der Waals surface area contributed by atoms with Gasteiger partial charge in [0.2, 0.25) is 0 Å². The van der Waals surface area contributed by atoms with Crippen molar-refractivity contribution in [2.75, 3.05) is 40.4 Å². The minimum absolute atomic E-state index is 0.0709. The van der Waals surface area contributed by atoms with Gasteiger partial charge in [0.15, 0.2) is 0 Å². The number of benzene rings is 2. The Bertz CT molecular complexity index is 1130. The van der Waals surface area contributed by atoms with Gasteiger partial charge in [0, 0.05) is 55.9 Å². The Balaban J connectivity index is 1.59. The summed E-state index contributed by atoms with van der Waals surface area (Å²) in [6, 6.07) is 12.0. The largest absolute Gasteiger partial charge is 0.385 e. The lowest BCUT2D eigenvalue weighted by Gasteiger charge is -2.44. The van der Waals surface area contributed by atoms with Gasteiger partial charge in [-0.05, 0) is 80.8 Å². The monoisotopic (exact) mass is 587 g/mol. The van der Waals surface area contributed by atoms with Gasteiger partial charge in [-0.1, -0.05) is 61.5 Å². The Morgan fingerprint density at radius 2 is 1.95 bits per heavy atom. The van der Waals surface area contributed by atoms with Gasteiger partial charge in [-0.3, -0.25) is 0 Å². The maximum Gasteiger partial charge on any atom is 0.317 e. The third-order valence-corrected chi connectivity index (χ3v) is 9.24. The first-order valence-electron chi connectivity index (χ1n) is 15.3. The average Bonchev–Trinajstić information content (AvgIpc) is 3.48. The topological polar surface area (TPSA) is 73.8 Å². The van der Waals surface area contributed by atoms with Gasteiger partial charge in [0.1, 0.15) is 5.82 Å². The predicted molar refractivity (Wildman–Crippen MR) is 164 cm³/mol. The zero-order valence-electron chi connectivity index (χ0n) is 24.6. The van der Waals surface area contributed by atoms with Crippen molar-refractivity contribution in [3.05, 3.63) is 58.9 Å². The number of urea groups is 1. The summed E-state index contributed by atoms with van der Waals surface area (Å²) in [5, 5.41) is 19.6. The summed E-state index contributed by atoms with van der Waals surface area (Å²) in [4.78, 5) is 15.4. The van der Waals surface area contributed by atoms with E-state index in [1.165, 1.54) is 31.7 Å². The maximum atomic E-state index is 15.5. The summed E-state index contributed by atoms with van der Waals surface area (Å²) in [5.74, 6) is 0.0204. The molecule has 2 aromatic carbocycles. The molecular weight excluding hydrogens is 541 g/mol. The number of hydrogen-bond acceptors (Lipinski definition) is 4. The molecule has 0 aromatic heterocycles. The first-order valence-corrected chi connectivity index (χ1v) is 15.7. The smallest absolute Gasteiger partial charge is 0.317 e. The van der Waals surface area contributed by atoms with Crippen molar-refractivity contribution in [3.8, 4) is 11.1 Å². The molecule has 6 nitrogen and oxygen atoms in total. The highest BCUT2D eigenvalue weighted by atomic mass is 35.5. The van der Waals surface area contributed by atoms with E-state index in [1.54, 1.807) is 31.4 Å². The number of carbonyl (C=O) groups is 1. The van der Waals surface area contributed by atoms with Gasteiger partial charge in [0.05, 0.1) is 5.60 Å². The number of likely N-dealkylation sites (N-methyl/N-ethyl adjacent to an activating group) is 1. The SMILES string of the molecule is CNC[C@H](CC1CCCC1)NC(=O)N1CCC[C@@H]([C@@](O)(CCCCOC)c2cccc(F)c2-c2cccc(Cl)c2)C1. The molecule has 3 atom stereocenters. The molecule has 2 amide bonds. The molecule has 226 valence electrons. The lowest BCUT2D eigenvalue weighted by Crippen LogP contribution is -2.54. The summed E-state index contributed by atoms with van der Waals surface area (Å²) in [7, 11) is 3.59. The van der Waals surface area contributed by atoms with E-state index in [1.807, 2.05) is 24.1 Å². The molecule has 4 rings (SSSR count). The molecule has 2 fully saturated rings. The second-order valence-corrected chi connectivity index (χ2v) is 12.4. The van der Waals surface area contributed by atoms with Crippen LogP contribution in [0.1, 0.15) is 69.8 Å². The summed E-state index contributed by atoms with van der Waals surface area (Å²) in [6.07, 6.45) is 9.47. The van der Waals surface area contributed by atoms with Crippen LogP contribution in [0.15, 0.2) is 42.5 Å². The minimum Gasteiger partial charge on any atom is -0.385 e. The number of unbranched alkanes of at least 4 members (excludes halogenated alkanes) is 1. The van der Waals surface area contributed by atoms with Crippen LogP contribution in [0.5, 0.6) is 0 Å². The van der Waals surface area contributed by atoms with Crippen molar-refractivity contribution in [2.45, 2.75) is 75.9 Å². The van der Waals surface area contributed by atoms with E-state index < -0.39 is 11.4 Å². The van der Waals surface area contributed by atoms with Crippen molar-refractivity contribution in [1.82, 2.24) is 15.5 Å². The first-order chi connectivity index (χ1) is 19.9. The normalized spacial score (nSPS) is 20.1. The highest BCUT2D eigenvalue weighted by Gasteiger charge is 2.43. The number of amides is 2. The van der Waals surface area contributed by atoms with Crippen LogP contribution in [0.3, 0.4) is 0 Å². The molecule has 1 aliphatic carbocycles. The van der Waals surface area contributed by atoms with Crippen molar-refractivity contribution in [2.24, 2.45) is 11.8 Å². The molecule has 2 aliphatic rings. The Labute approximate surface area is 250 Å². The fourth-order valence-corrected chi connectivity index (χ4v) is 7.12. The highest BCUT2D eigenvalue weighted by Crippen LogP contribution is 2.44. The second kappa shape index (κ2) is 15.3. The van der Waals surface area contributed by atoms with Crippen molar-refractivity contribution < 1.29 is 19.0 Å². The Kier molecular flexibility index (Phi) is 11.9. The number of rotatable bonds is 13. The van der Waals surface area contributed by atoms with E-state index >= 15 is 4.39 Å². The summed E-state index contributed by atoms with van der Waals surface area (Å²) < 4.78 is 20.8. The molecular formula is C33H47ClFN3O3. The number of nitrogens with one attached hydrogen (secondary N) is 2. The standard InChI is InChI=1S/C33H47ClFN3O3/c1-36-22-28(20-24-10-3-4-11-24)37-32(39)38-18-9-13-26(23-38)33(40,17-5-6-19-41-2)29-15-8-16-30(35)31(29)25-12-7-14-27(34)21-25/h7-8,12,14-16,21,24,26,28,36,40H,3-6,9-11,13,17-20,22-23H2,1-2H3,(H,37,39)/t26-,28+,33+/m1/s1. The second-order valence-electron chi connectivity index (χ2n) is 11.9. The number of carbonyl (C=O) groups excluding carboxylic acids is 1. The van der Waals surface area contributed by atoms with Gasteiger partial charge in [0.25, 0.3) is 0 Å². The zero-order chi connectivity index (χ0) is 29.2. The van der Waals surface area contributed by atoms with Crippen molar-refractivity contribution >= 4 is 17.6 Å². The first kappa shape index (κ1) is 31.7. The Morgan fingerprint density at radius 3 is 2.68 bits per heavy atom. The molecule has 1 saturated heterocycles. The number of halogens is 2. The number of piperidine rings is 1. The van der Waals surface area contributed by atoms with Crippen LogP contribution in [0.2, 0.25) is 5.02 Å². The van der Waals surface area contributed by atoms with Crippen LogP contribution in [0.25, 0.3) is 11.1 Å². The lowest BCUT2D eigenvalue weighted by molar-refractivity contribution is -0.0561. The van der Waals surface area contributed by atoms with Gasteiger partial charge >= 0.3 is 6.03 Å². The van der Waals surface area contributed by atoms with Crippen LogP contribution >= 0.6 is 11.6 Å². The molecule has 1 aliphatic heterocycles. The fourth-order valence-electron chi connectivity index (χ4n) is 6.93. The number of aliphatic hydroxyl groups is 1. The van der Waals surface area contributed by atoms with Gasteiger partial charge < -0.3 is 25.4 Å². The van der Waals surface area contributed by atoms with Crippen LogP contribution in [-0.4, -0.2) is 62.5 Å². The fraction of sp³-hybridized carbons (Fsp3) is 0.606. The van der Waals surface area contributed by atoms with Crippen LogP contribution in [-0.2, 0) is 10.3 Å². The van der Waals surface area contributed by atoms with E-state index in [0.29, 0.717) is 60.2 Å². The number of hydrogen-bond donors (Lipinski definition) is 3. The number of methoxy groups -OCH3 is 1. The average molecular weight is 588 g/mol. The maximum absolute atomic E-state index is 15.5.